The first-order valence-electron chi connectivity index (χ1n) is 7.12. The number of ether oxygens (including phenoxy) is 1. The molecule has 1 aromatic heterocycles. The molecule has 0 unspecified atom stereocenters. The molecule has 0 aliphatic carbocycles. The van der Waals surface area contributed by atoms with Crippen molar-refractivity contribution < 1.29 is 27.5 Å². The van der Waals surface area contributed by atoms with Gasteiger partial charge in [-0.3, -0.25) is 4.79 Å². The number of carbonyl (C=O) groups is 2. The van der Waals surface area contributed by atoms with Gasteiger partial charge < -0.3 is 4.74 Å². The van der Waals surface area contributed by atoms with Crippen LogP contribution in [0.3, 0.4) is 0 Å². The number of rotatable bonds is 4. The number of methoxy groups -OCH3 is 1. The van der Waals surface area contributed by atoms with Crippen molar-refractivity contribution in [1.82, 2.24) is 0 Å². The summed E-state index contributed by atoms with van der Waals surface area (Å²) in [4.78, 5) is 24.1. The SMILES string of the molecule is COC(=O)c1sc(C(=O)C=C(c2cc(Cl)c(Cl)c(Cl)c2)C(F)(F)F)cc1C. The molecule has 0 fully saturated rings. The lowest BCUT2D eigenvalue weighted by atomic mass is 10.0. The molecule has 2 rings (SSSR count). The molecule has 2 aromatic rings. The lowest BCUT2D eigenvalue weighted by Gasteiger charge is -2.13. The molecule has 144 valence electrons. The van der Waals surface area contributed by atoms with Crippen molar-refractivity contribution in [1.29, 1.82) is 0 Å². The van der Waals surface area contributed by atoms with Gasteiger partial charge in [-0.15, -0.1) is 11.3 Å². The first-order chi connectivity index (χ1) is 12.5. The minimum atomic E-state index is -4.85. The van der Waals surface area contributed by atoms with Crippen LogP contribution in [0.4, 0.5) is 13.2 Å². The van der Waals surface area contributed by atoms with Crippen LogP contribution in [0.25, 0.3) is 5.57 Å². The number of hydrogen-bond acceptors (Lipinski definition) is 4. The van der Waals surface area contributed by atoms with Crippen LogP contribution >= 0.6 is 46.1 Å². The maximum atomic E-state index is 13.5. The molecule has 1 heterocycles. The summed E-state index contributed by atoms with van der Waals surface area (Å²) in [5.74, 6) is -1.60. The van der Waals surface area contributed by atoms with E-state index in [0.717, 1.165) is 23.5 Å². The van der Waals surface area contributed by atoms with Gasteiger partial charge in [0.25, 0.3) is 0 Å². The largest absolute Gasteiger partial charge is 0.465 e. The molecule has 27 heavy (non-hydrogen) atoms. The van der Waals surface area contributed by atoms with Crippen LogP contribution in [-0.4, -0.2) is 25.0 Å². The van der Waals surface area contributed by atoms with Crippen molar-refractivity contribution in [2.24, 2.45) is 0 Å². The van der Waals surface area contributed by atoms with Crippen molar-refractivity contribution in [3.63, 3.8) is 0 Å². The van der Waals surface area contributed by atoms with Crippen molar-refractivity contribution in [3.8, 4) is 0 Å². The third-order valence-corrected chi connectivity index (χ3v) is 5.84. The molecule has 0 saturated carbocycles. The van der Waals surface area contributed by atoms with Crippen LogP contribution < -0.4 is 0 Å². The number of thiophene rings is 1. The van der Waals surface area contributed by atoms with E-state index < -0.39 is 29.1 Å². The summed E-state index contributed by atoms with van der Waals surface area (Å²) in [7, 11) is 1.17. The Hall–Kier alpha value is -1.54. The van der Waals surface area contributed by atoms with Gasteiger partial charge in [0.15, 0.2) is 5.78 Å². The zero-order valence-corrected chi connectivity index (χ0v) is 16.8. The highest BCUT2D eigenvalue weighted by molar-refractivity contribution is 7.16. The summed E-state index contributed by atoms with van der Waals surface area (Å²) in [6.07, 6.45) is -4.42. The first-order valence-corrected chi connectivity index (χ1v) is 9.07. The van der Waals surface area contributed by atoms with Gasteiger partial charge in [-0.2, -0.15) is 13.2 Å². The molecule has 3 nitrogen and oxygen atoms in total. The van der Waals surface area contributed by atoms with Crippen molar-refractivity contribution in [3.05, 3.63) is 60.2 Å². The summed E-state index contributed by atoms with van der Waals surface area (Å²) in [6.45, 7) is 1.55. The second kappa shape index (κ2) is 8.22. The van der Waals surface area contributed by atoms with E-state index in [1.807, 2.05) is 0 Å². The normalized spacial score (nSPS) is 12.2. The van der Waals surface area contributed by atoms with Gasteiger partial charge in [-0.25, -0.2) is 4.79 Å². The molecule has 0 spiro atoms. The van der Waals surface area contributed by atoms with Crippen molar-refractivity contribution in [2.45, 2.75) is 13.1 Å². The summed E-state index contributed by atoms with van der Waals surface area (Å²) >= 11 is 18.1. The fraction of sp³-hybridized carbons (Fsp3) is 0.176. The van der Waals surface area contributed by atoms with Crippen LogP contribution in [0.2, 0.25) is 15.1 Å². The molecule has 1 aromatic carbocycles. The second-order valence-electron chi connectivity index (χ2n) is 5.29. The van der Waals surface area contributed by atoms with E-state index in [1.165, 1.54) is 13.2 Å². The van der Waals surface area contributed by atoms with E-state index in [0.29, 0.717) is 11.6 Å². The molecular weight excluding hydrogens is 448 g/mol. The van der Waals surface area contributed by atoms with Gasteiger partial charge in [-0.1, -0.05) is 34.8 Å². The maximum absolute atomic E-state index is 13.5. The molecule has 0 aliphatic rings. The third kappa shape index (κ3) is 4.85. The standard InChI is InChI=1S/C17H10Cl3F3O3S/c1-7-3-13(27-15(7)16(25)26-2)12(24)6-9(17(21,22)23)8-4-10(18)14(20)11(19)5-8/h3-6H,1-2H3. The van der Waals surface area contributed by atoms with Crippen LogP contribution in [-0.2, 0) is 4.74 Å². The number of carbonyl (C=O) groups excluding carboxylic acids is 2. The maximum Gasteiger partial charge on any atom is 0.417 e. The predicted octanol–water partition coefficient (Wildman–Crippen LogP) is 6.63. The summed E-state index contributed by atoms with van der Waals surface area (Å²) < 4.78 is 45.1. The minimum absolute atomic E-state index is 0.0409. The number of esters is 1. The molecule has 0 radical (unpaired) electrons. The number of aryl methyl sites for hydroxylation is 1. The Labute approximate surface area is 171 Å². The fourth-order valence-electron chi connectivity index (χ4n) is 2.14. The minimum Gasteiger partial charge on any atom is -0.465 e. The van der Waals surface area contributed by atoms with E-state index in [4.69, 9.17) is 34.8 Å². The van der Waals surface area contributed by atoms with E-state index in [1.54, 1.807) is 6.92 Å². The van der Waals surface area contributed by atoms with Crippen LogP contribution in [0, 0.1) is 6.92 Å². The third-order valence-electron chi connectivity index (χ3n) is 3.41. The van der Waals surface area contributed by atoms with Gasteiger partial charge in [0.1, 0.15) is 4.88 Å². The molecule has 0 saturated heterocycles. The van der Waals surface area contributed by atoms with Gasteiger partial charge in [-0.05, 0) is 42.3 Å². The summed E-state index contributed by atoms with van der Waals surface area (Å²) in [5, 5.41) is -0.449. The Kier molecular flexibility index (Phi) is 6.63. The van der Waals surface area contributed by atoms with E-state index in [9.17, 15) is 22.8 Å². The van der Waals surface area contributed by atoms with Crippen molar-refractivity contribution in [2.75, 3.05) is 7.11 Å². The monoisotopic (exact) mass is 456 g/mol. The average molecular weight is 458 g/mol. The Balaban J connectivity index is 2.54. The van der Waals surface area contributed by atoms with Crippen LogP contribution in [0.15, 0.2) is 24.3 Å². The smallest absolute Gasteiger partial charge is 0.417 e. The lowest BCUT2D eigenvalue weighted by molar-refractivity contribution is -0.0689. The quantitative estimate of drug-likeness (QED) is 0.224. The molecule has 0 atom stereocenters. The molecule has 0 N–H and O–H groups in total. The molecule has 10 heteroatoms. The number of ketones is 1. The first kappa shape index (κ1) is 21.8. The van der Waals surface area contributed by atoms with Gasteiger partial charge >= 0.3 is 12.1 Å². The lowest BCUT2D eigenvalue weighted by Crippen LogP contribution is -2.12. The van der Waals surface area contributed by atoms with E-state index in [-0.39, 0.29) is 24.8 Å². The van der Waals surface area contributed by atoms with Crippen molar-refractivity contribution >= 4 is 63.5 Å². The molecule has 0 amide bonds. The Morgan fingerprint density at radius 3 is 2.15 bits per heavy atom. The summed E-state index contributed by atoms with van der Waals surface area (Å²) in [6, 6.07) is 3.27. The zero-order chi connectivity index (χ0) is 20.5. The van der Waals surface area contributed by atoms with Gasteiger partial charge in [0.2, 0.25) is 0 Å². The van der Waals surface area contributed by atoms with Gasteiger partial charge in [0, 0.05) is 0 Å². The highest BCUT2D eigenvalue weighted by Gasteiger charge is 2.36. The highest BCUT2D eigenvalue weighted by Crippen LogP contribution is 2.39. The number of alkyl halides is 3. The highest BCUT2D eigenvalue weighted by atomic mass is 35.5. The second-order valence-corrected chi connectivity index (χ2v) is 7.53. The van der Waals surface area contributed by atoms with E-state index >= 15 is 0 Å². The topological polar surface area (TPSA) is 43.4 Å². The Morgan fingerprint density at radius 1 is 1.11 bits per heavy atom. The Morgan fingerprint density at radius 2 is 1.67 bits per heavy atom. The van der Waals surface area contributed by atoms with Crippen LogP contribution in [0.5, 0.6) is 0 Å². The van der Waals surface area contributed by atoms with E-state index in [2.05, 4.69) is 4.74 Å². The number of hydrogen-bond donors (Lipinski definition) is 0. The molecule has 0 aliphatic heterocycles. The number of benzene rings is 1. The van der Waals surface area contributed by atoms with Gasteiger partial charge in [0.05, 0.1) is 32.6 Å². The fourth-order valence-corrected chi connectivity index (χ4v) is 3.74. The molecular formula is C17H10Cl3F3O3S. The predicted molar refractivity (Wildman–Crippen MR) is 100 cm³/mol. The van der Waals surface area contributed by atoms with Crippen LogP contribution in [0.1, 0.15) is 30.5 Å². The molecule has 0 bridgehead atoms. The number of allylic oxidation sites excluding steroid dienone is 2. The number of halogens is 6. The summed E-state index contributed by atoms with van der Waals surface area (Å²) in [5.41, 5.74) is -1.22. The zero-order valence-electron chi connectivity index (χ0n) is 13.7. The Bertz CT molecular complexity index is 926. The average Bonchev–Trinajstić information content (AvgIpc) is 2.97.